The Kier molecular flexibility index (Phi) is 3.68. The number of carbonyl (C=O) groups is 1. The summed E-state index contributed by atoms with van der Waals surface area (Å²) >= 11 is 0. The van der Waals surface area contributed by atoms with Crippen molar-refractivity contribution in [1.82, 2.24) is 24.6 Å². The molecule has 0 saturated carbocycles. The van der Waals surface area contributed by atoms with Gasteiger partial charge in [0.05, 0.1) is 17.6 Å². The summed E-state index contributed by atoms with van der Waals surface area (Å²) in [4.78, 5) is 22.3. The molecule has 1 aliphatic heterocycles. The van der Waals surface area contributed by atoms with Gasteiger partial charge in [-0.3, -0.25) is 14.5 Å². The van der Waals surface area contributed by atoms with Gasteiger partial charge in [0, 0.05) is 39.5 Å². The number of hydrogen-bond donors (Lipinski definition) is 0. The highest BCUT2D eigenvalue weighted by Crippen LogP contribution is 2.21. The lowest BCUT2D eigenvalue weighted by atomic mass is 10.0. The van der Waals surface area contributed by atoms with E-state index in [1.165, 1.54) is 0 Å². The van der Waals surface area contributed by atoms with Crippen molar-refractivity contribution in [1.29, 1.82) is 0 Å². The maximum Gasteiger partial charge on any atom is 0.219 e. The van der Waals surface area contributed by atoms with E-state index in [9.17, 15) is 4.79 Å². The molecule has 6 heteroatoms. The largest absolute Gasteiger partial charge is 0.343 e. The zero-order chi connectivity index (χ0) is 14.8. The molecule has 0 radical (unpaired) electrons. The van der Waals surface area contributed by atoms with Crippen LogP contribution >= 0.6 is 0 Å². The molecule has 0 unspecified atom stereocenters. The van der Waals surface area contributed by atoms with E-state index in [4.69, 9.17) is 0 Å². The molecule has 0 bridgehead atoms. The van der Waals surface area contributed by atoms with Crippen molar-refractivity contribution in [3.63, 3.8) is 0 Å². The van der Waals surface area contributed by atoms with Crippen LogP contribution in [0.1, 0.15) is 19.0 Å². The first kappa shape index (κ1) is 13.7. The normalized spacial score (nSPS) is 18.2. The second kappa shape index (κ2) is 5.63. The van der Waals surface area contributed by atoms with Crippen molar-refractivity contribution < 1.29 is 4.79 Å². The molecule has 3 heterocycles. The molecule has 0 aromatic carbocycles. The van der Waals surface area contributed by atoms with Crippen LogP contribution in [-0.4, -0.2) is 43.6 Å². The Bertz CT molecular complexity index is 651. The quantitative estimate of drug-likeness (QED) is 0.852. The number of hydrogen-bond acceptors (Lipinski definition) is 4. The van der Waals surface area contributed by atoms with Gasteiger partial charge in [-0.15, -0.1) is 0 Å². The molecule has 1 aliphatic rings. The summed E-state index contributed by atoms with van der Waals surface area (Å²) in [5.74, 6) is 0.636. The van der Waals surface area contributed by atoms with E-state index < -0.39 is 0 Å². The lowest BCUT2D eigenvalue weighted by Gasteiger charge is -2.13. The molecule has 2 aromatic rings. The highest BCUT2D eigenvalue weighted by molar-refractivity contribution is 5.73. The van der Waals surface area contributed by atoms with Gasteiger partial charge in [0.2, 0.25) is 5.91 Å². The van der Waals surface area contributed by atoms with Crippen LogP contribution in [0, 0.1) is 5.92 Å². The summed E-state index contributed by atoms with van der Waals surface area (Å²) in [7, 11) is 1.89. The minimum absolute atomic E-state index is 0.159. The first-order valence-corrected chi connectivity index (χ1v) is 7.18. The fourth-order valence-electron chi connectivity index (χ4n) is 2.83. The second-order valence-electron chi connectivity index (χ2n) is 5.56. The van der Waals surface area contributed by atoms with Crippen LogP contribution in [0.3, 0.4) is 0 Å². The Labute approximate surface area is 123 Å². The second-order valence-corrected chi connectivity index (χ2v) is 5.56. The molecular formula is C15H19N5O. The molecule has 110 valence electrons. The van der Waals surface area contributed by atoms with E-state index >= 15 is 0 Å². The van der Waals surface area contributed by atoms with Crippen LogP contribution in [0.15, 0.2) is 24.7 Å². The Balaban J connectivity index is 1.73. The molecule has 21 heavy (non-hydrogen) atoms. The molecule has 1 fully saturated rings. The number of amides is 1. The number of rotatable bonds is 3. The summed E-state index contributed by atoms with van der Waals surface area (Å²) in [5.41, 5.74) is 2.78. The van der Waals surface area contributed by atoms with Crippen molar-refractivity contribution >= 4 is 5.91 Å². The van der Waals surface area contributed by atoms with Crippen molar-refractivity contribution in [3.8, 4) is 11.4 Å². The summed E-state index contributed by atoms with van der Waals surface area (Å²) in [5, 5.41) is 4.16. The number of nitrogens with zero attached hydrogens (tertiary/aromatic N) is 5. The fraction of sp³-hybridized carbons (Fsp3) is 0.467. The topological polar surface area (TPSA) is 63.9 Å². The number of aryl methyl sites for hydroxylation is 1. The first-order valence-electron chi connectivity index (χ1n) is 7.18. The minimum Gasteiger partial charge on any atom is -0.343 e. The van der Waals surface area contributed by atoms with E-state index in [0.29, 0.717) is 5.92 Å². The minimum atomic E-state index is 0.159. The lowest BCUT2D eigenvalue weighted by Crippen LogP contribution is -2.26. The highest BCUT2D eigenvalue weighted by Gasteiger charge is 2.24. The van der Waals surface area contributed by atoms with E-state index in [-0.39, 0.29) is 5.91 Å². The van der Waals surface area contributed by atoms with E-state index in [1.54, 1.807) is 24.0 Å². The van der Waals surface area contributed by atoms with Crippen LogP contribution in [0.25, 0.3) is 11.4 Å². The van der Waals surface area contributed by atoms with Gasteiger partial charge < -0.3 is 4.90 Å². The van der Waals surface area contributed by atoms with Gasteiger partial charge in [-0.05, 0) is 24.8 Å². The maximum absolute atomic E-state index is 11.4. The van der Waals surface area contributed by atoms with Gasteiger partial charge in [0.25, 0.3) is 0 Å². The zero-order valence-corrected chi connectivity index (χ0v) is 12.4. The highest BCUT2D eigenvalue weighted by atomic mass is 16.2. The monoisotopic (exact) mass is 285 g/mol. The summed E-state index contributed by atoms with van der Waals surface area (Å²) in [6.07, 6.45) is 7.23. The van der Waals surface area contributed by atoms with Crippen LogP contribution in [0.4, 0.5) is 0 Å². The molecule has 1 amide bonds. The SMILES string of the molecule is CC(=O)N1CC[C@H](Cc2cncc(-c3ccnn3C)n2)C1. The maximum atomic E-state index is 11.4. The van der Waals surface area contributed by atoms with Crippen LogP contribution in [0.5, 0.6) is 0 Å². The van der Waals surface area contributed by atoms with Gasteiger partial charge in [-0.2, -0.15) is 5.10 Å². The van der Waals surface area contributed by atoms with Gasteiger partial charge in [0.15, 0.2) is 0 Å². The van der Waals surface area contributed by atoms with Crippen LogP contribution in [0.2, 0.25) is 0 Å². The van der Waals surface area contributed by atoms with Crippen molar-refractivity contribution in [2.24, 2.45) is 13.0 Å². The van der Waals surface area contributed by atoms with E-state index in [0.717, 1.165) is 43.0 Å². The Morgan fingerprint density at radius 1 is 1.43 bits per heavy atom. The smallest absolute Gasteiger partial charge is 0.219 e. The van der Waals surface area contributed by atoms with E-state index in [2.05, 4.69) is 15.1 Å². The predicted octanol–water partition coefficient (Wildman–Crippen LogP) is 1.29. The predicted molar refractivity (Wildman–Crippen MR) is 78.3 cm³/mol. The molecule has 1 saturated heterocycles. The third-order valence-corrected chi connectivity index (χ3v) is 4.00. The number of carbonyl (C=O) groups excluding carboxylic acids is 1. The molecule has 2 aromatic heterocycles. The van der Waals surface area contributed by atoms with Gasteiger partial charge >= 0.3 is 0 Å². The molecule has 3 rings (SSSR count). The zero-order valence-electron chi connectivity index (χ0n) is 12.4. The molecule has 0 spiro atoms. The molecular weight excluding hydrogens is 266 g/mol. The Morgan fingerprint density at radius 3 is 2.95 bits per heavy atom. The average molecular weight is 285 g/mol. The van der Waals surface area contributed by atoms with E-state index in [1.807, 2.05) is 24.2 Å². The number of likely N-dealkylation sites (tertiary alicyclic amines) is 1. The summed E-state index contributed by atoms with van der Waals surface area (Å²) in [6, 6.07) is 1.93. The van der Waals surface area contributed by atoms with Crippen molar-refractivity contribution in [2.45, 2.75) is 19.8 Å². The fourth-order valence-corrected chi connectivity index (χ4v) is 2.83. The molecule has 0 aliphatic carbocycles. The average Bonchev–Trinajstić information content (AvgIpc) is 3.08. The van der Waals surface area contributed by atoms with Crippen molar-refractivity contribution in [2.75, 3.05) is 13.1 Å². The van der Waals surface area contributed by atoms with Crippen LogP contribution in [-0.2, 0) is 18.3 Å². The van der Waals surface area contributed by atoms with Gasteiger partial charge in [0.1, 0.15) is 5.69 Å². The standard InChI is InChI=1S/C15H19N5O/c1-11(21)20-6-4-12(10-20)7-13-8-16-9-14(18-13)15-3-5-17-19(15)2/h3,5,8-9,12H,4,6-7,10H2,1-2H3/t12-/m1/s1. The summed E-state index contributed by atoms with van der Waals surface area (Å²) in [6.45, 7) is 3.31. The van der Waals surface area contributed by atoms with Crippen LogP contribution < -0.4 is 0 Å². The Morgan fingerprint density at radius 2 is 2.29 bits per heavy atom. The lowest BCUT2D eigenvalue weighted by molar-refractivity contribution is -0.127. The number of aromatic nitrogens is 4. The molecule has 0 N–H and O–H groups in total. The Hall–Kier alpha value is -2.24. The van der Waals surface area contributed by atoms with Gasteiger partial charge in [-0.1, -0.05) is 0 Å². The third-order valence-electron chi connectivity index (χ3n) is 4.00. The molecule has 6 nitrogen and oxygen atoms in total. The summed E-state index contributed by atoms with van der Waals surface area (Å²) < 4.78 is 1.79. The van der Waals surface area contributed by atoms with Gasteiger partial charge in [-0.25, -0.2) is 4.98 Å². The molecule has 1 atom stereocenters. The first-order chi connectivity index (χ1) is 10.1. The van der Waals surface area contributed by atoms with Crippen molar-refractivity contribution in [3.05, 3.63) is 30.4 Å². The third kappa shape index (κ3) is 2.94.